The van der Waals surface area contributed by atoms with E-state index in [4.69, 9.17) is 16.3 Å². The van der Waals surface area contributed by atoms with Gasteiger partial charge in [0.15, 0.2) is 0 Å². The number of methoxy groups -OCH3 is 1. The van der Waals surface area contributed by atoms with E-state index in [1.165, 1.54) is 30.4 Å². The van der Waals surface area contributed by atoms with Crippen molar-refractivity contribution in [1.82, 2.24) is 9.88 Å². The second kappa shape index (κ2) is 6.12. The zero-order valence-corrected chi connectivity index (χ0v) is 13.3. The van der Waals surface area contributed by atoms with E-state index in [2.05, 4.69) is 22.3 Å². The standard InChI is InChI=1S/C17H21ClN2O/c1-19-16-5-3-4-12-9-20(11-15(12)16)10-13-8-14(18)6-7-17(13)21-2/h6-9,11,16,19H,3-5,10H2,1-2H3. The molecule has 2 aromatic rings. The molecule has 0 radical (unpaired) electrons. The number of aryl methyl sites for hydroxylation is 1. The van der Waals surface area contributed by atoms with Gasteiger partial charge in [-0.15, -0.1) is 0 Å². The summed E-state index contributed by atoms with van der Waals surface area (Å²) in [6, 6.07) is 6.25. The Bertz CT molecular complexity index is 636. The largest absolute Gasteiger partial charge is 0.496 e. The molecule has 0 bridgehead atoms. The Morgan fingerprint density at radius 3 is 3.00 bits per heavy atom. The first kappa shape index (κ1) is 14.5. The van der Waals surface area contributed by atoms with Crippen molar-refractivity contribution in [3.8, 4) is 5.75 Å². The van der Waals surface area contributed by atoms with Crippen LogP contribution in [0.25, 0.3) is 0 Å². The second-order valence-electron chi connectivity index (χ2n) is 5.60. The van der Waals surface area contributed by atoms with Gasteiger partial charge in [0.05, 0.1) is 13.7 Å². The van der Waals surface area contributed by atoms with Crippen molar-refractivity contribution >= 4 is 11.6 Å². The molecule has 1 aromatic heterocycles. The summed E-state index contributed by atoms with van der Waals surface area (Å²) in [5, 5.41) is 4.16. The molecule has 1 heterocycles. The highest BCUT2D eigenvalue weighted by molar-refractivity contribution is 6.30. The molecule has 3 rings (SSSR count). The van der Waals surface area contributed by atoms with Crippen LogP contribution in [0.1, 0.15) is 35.6 Å². The van der Waals surface area contributed by atoms with Crippen LogP contribution >= 0.6 is 11.6 Å². The molecule has 0 spiro atoms. The van der Waals surface area contributed by atoms with Crippen molar-refractivity contribution in [2.24, 2.45) is 0 Å². The lowest BCUT2D eigenvalue weighted by molar-refractivity contribution is 0.408. The highest BCUT2D eigenvalue weighted by Crippen LogP contribution is 2.31. The monoisotopic (exact) mass is 304 g/mol. The minimum absolute atomic E-state index is 0.483. The third kappa shape index (κ3) is 2.94. The predicted octanol–water partition coefficient (Wildman–Crippen LogP) is 3.80. The van der Waals surface area contributed by atoms with Crippen molar-refractivity contribution in [2.45, 2.75) is 31.8 Å². The molecule has 1 atom stereocenters. The molecule has 1 N–H and O–H groups in total. The number of ether oxygens (including phenoxy) is 1. The van der Waals surface area contributed by atoms with E-state index in [0.29, 0.717) is 6.04 Å². The van der Waals surface area contributed by atoms with Crippen LogP contribution in [0.4, 0.5) is 0 Å². The van der Waals surface area contributed by atoms with E-state index in [1.54, 1.807) is 7.11 Å². The Morgan fingerprint density at radius 1 is 1.38 bits per heavy atom. The summed E-state index contributed by atoms with van der Waals surface area (Å²) in [6.07, 6.45) is 8.17. The molecule has 112 valence electrons. The Balaban J connectivity index is 1.89. The highest BCUT2D eigenvalue weighted by Gasteiger charge is 2.20. The fraction of sp³-hybridized carbons (Fsp3) is 0.412. The molecule has 3 nitrogen and oxygen atoms in total. The molecule has 1 aliphatic rings. The van der Waals surface area contributed by atoms with Crippen molar-refractivity contribution in [3.05, 3.63) is 52.3 Å². The van der Waals surface area contributed by atoms with Gasteiger partial charge in [-0.1, -0.05) is 11.6 Å². The molecule has 21 heavy (non-hydrogen) atoms. The summed E-state index contributed by atoms with van der Waals surface area (Å²) >= 11 is 6.11. The Labute approximate surface area is 130 Å². The van der Waals surface area contributed by atoms with E-state index in [9.17, 15) is 0 Å². The molecule has 1 aromatic carbocycles. The molecule has 4 heteroatoms. The van der Waals surface area contributed by atoms with Gasteiger partial charge in [-0.2, -0.15) is 0 Å². The topological polar surface area (TPSA) is 26.2 Å². The van der Waals surface area contributed by atoms with Crippen LogP contribution in [0.2, 0.25) is 5.02 Å². The fourth-order valence-electron chi connectivity index (χ4n) is 3.21. The summed E-state index contributed by atoms with van der Waals surface area (Å²) in [6.45, 7) is 0.785. The van der Waals surface area contributed by atoms with Crippen LogP contribution in [0.15, 0.2) is 30.6 Å². The van der Waals surface area contributed by atoms with Crippen LogP contribution < -0.4 is 10.1 Å². The lowest BCUT2D eigenvalue weighted by Gasteiger charge is -2.21. The quantitative estimate of drug-likeness (QED) is 0.930. The third-order valence-corrected chi connectivity index (χ3v) is 4.49. The van der Waals surface area contributed by atoms with Gasteiger partial charge >= 0.3 is 0 Å². The van der Waals surface area contributed by atoms with Crippen LogP contribution in [0.5, 0.6) is 5.75 Å². The maximum Gasteiger partial charge on any atom is 0.123 e. The fourth-order valence-corrected chi connectivity index (χ4v) is 3.40. The number of hydrogen-bond acceptors (Lipinski definition) is 2. The van der Waals surface area contributed by atoms with Crippen LogP contribution in [0, 0.1) is 0 Å². The number of nitrogens with zero attached hydrogens (tertiary/aromatic N) is 1. The molecule has 1 unspecified atom stereocenters. The number of rotatable bonds is 4. The summed E-state index contributed by atoms with van der Waals surface area (Å²) in [7, 11) is 3.74. The first-order chi connectivity index (χ1) is 10.2. The maximum absolute atomic E-state index is 6.11. The van der Waals surface area contributed by atoms with Gasteiger partial charge in [0.2, 0.25) is 0 Å². The number of nitrogens with one attached hydrogen (secondary N) is 1. The molecule has 1 aliphatic carbocycles. The lowest BCUT2D eigenvalue weighted by Crippen LogP contribution is -2.20. The SMILES string of the molecule is CNC1CCCc2cn(Cc3cc(Cl)ccc3OC)cc21. The maximum atomic E-state index is 6.11. The van der Waals surface area contributed by atoms with Gasteiger partial charge in [0, 0.05) is 29.0 Å². The lowest BCUT2D eigenvalue weighted by atomic mass is 9.91. The predicted molar refractivity (Wildman–Crippen MR) is 86.3 cm³/mol. The first-order valence-electron chi connectivity index (χ1n) is 7.39. The second-order valence-corrected chi connectivity index (χ2v) is 6.04. The number of halogens is 1. The zero-order valence-electron chi connectivity index (χ0n) is 12.5. The van der Waals surface area contributed by atoms with Gasteiger partial charge in [-0.25, -0.2) is 0 Å². The van der Waals surface area contributed by atoms with Gasteiger partial charge in [0.25, 0.3) is 0 Å². The van der Waals surface area contributed by atoms with Crippen LogP contribution in [-0.4, -0.2) is 18.7 Å². The van der Waals surface area contributed by atoms with E-state index in [-0.39, 0.29) is 0 Å². The summed E-state index contributed by atoms with van der Waals surface area (Å²) in [5.41, 5.74) is 4.00. The summed E-state index contributed by atoms with van der Waals surface area (Å²) < 4.78 is 7.68. The van der Waals surface area contributed by atoms with E-state index in [1.807, 2.05) is 25.2 Å². The Morgan fingerprint density at radius 2 is 2.24 bits per heavy atom. The minimum atomic E-state index is 0.483. The Hall–Kier alpha value is -1.45. The van der Waals surface area contributed by atoms with E-state index in [0.717, 1.165) is 22.9 Å². The van der Waals surface area contributed by atoms with E-state index < -0.39 is 0 Å². The van der Waals surface area contributed by atoms with Gasteiger partial charge < -0.3 is 14.6 Å². The molecule has 0 fully saturated rings. The molecular weight excluding hydrogens is 284 g/mol. The van der Waals surface area contributed by atoms with Crippen molar-refractivity contribution in [2.75, 3.05) is 14.2 Å². The van der Waals surface area contributed by atoms with E-state index >= 15 is 0 Å². The average Bonchev–Trinajstić information content (AvgIpc) is 2.89. The van der Waals surface area contributed by atoms with Crippen molar-refractivity contribution in [3.63, 3.8) is 0 Å². The molecule has 0 saturated heterocycles. The first-order valence-corrected chi connectivity index (χ1v) is 7.77. The van der Waals surface area contributed by atoms with Gasteiger partial charge in [-0.3, -0.25) is 0 Å². The number of hydrogen-bond donors (Lipinski definition) is 1. The average molecular weight is 305 g/mol. The smallest absolute Gasteiger partial charge is 0.123 e. The molecule has 0 aliphatic heterocycles. The van der Waals surface area contributed by atoms with Gasteiger partial charge in [-0.05, 0) is 55.6 Å². The molecular formula is C17H21ClN2O. The van der Waals surface area contributed by atoms with Crippen molar-refractivity contribution in [1.29, 1.82) is 0 Å². The highest BCUT2D eigenvalue weighted by atomic mass is 35.5. The van der Waals surface area contributed by atoms with Crippen LogP contribution in [0.3, 0.4) is 0 Å². The zero-order chi connectivity index (χ0) is 14.8. The number of aromatic nitrogens is 1. The number of fused-ring (bicyclic) bond motifs is 1. The van der Waals surface area contributed by atoms with Crippen LogP contribution in [-0.2, 0) is 13.0 Å². The molecule has 0 amide bonds. The van der Waals surface area contributed by atoms with Crippen molar-refractivity contribution < 1.29 is 4.74 Å². The number of benzene rings is 1. The Kier molecular flexibility index (Phi) is 4.22. The summed E-state index contributed by atoms with van der Waals surface area (Å²) in [4.78, 5) is 0. The summed E-state index contributed by atoms with van der Waals surface area (Å²) in [5.74, 6) is 0.885. The molecule has 0 saturated carbocycles. The normalized spacial score (nSPS) is 17.6. The third-order valence-electron chi connectivity index (χ3n) is 4.26. The minimum Gasteiger partial charge on any atom is -0.496 e. The van der Waals surface area contributed by atoms with Gasteiger partial charge in [0.1, 0.15) is 5.75 Å².